The van der Waals surface area contributed by atoms with Gasteiger partial charge in [-0.25, -0.2) is 0 Å². The first kappa shape index (κ1) is 12.0. The number of hydrogen-bond acceptors (Lipinski definition) is 7. The predicted molar refractivity (Wildman–Crippen MR) is 78.2 cm³/mol. The van der Waals surface area contributed by atoms with Gasteiger partial charge in [0.25, 0.3) is 0 Å². The van der Waals surface area contributed by atoms with Gasteiger partial charge in [-0.1, -0.05) is 11.3 Å². The molecule has 3 heterocycles. The Balaban J connectivity index is 1.32. The van der Waals surface area contributed by atoms with Crippen LogP contribution >= 0.6 is 11.3 Å². The standard InChI is InChI=1S/C13H16N6S/c1-2-10-4-12(17-16-11(10)3-1)19-6-9(7-19)5-14-13-18-15-8-20-13/h4,8-9H,1-3,5-7H2,(H,14,18). The largest absolute Gasteiger partial charge is 0.360 e. The van der Waals surface area contributed by atoms with Crippen LogP contribution in [0.25, 0.3) is 0 Å². The summed E-state index contributed by atoms with van der Waals surface area (Å²) in [6, 6.07) is 2.23. The first-order chi connectivity index (χ1) is 9.88. The number of rotatable bonds is 4. The van der Waals surface area contributed by atoms with Crippen LogP contribution in [0.3, 0.4) is 0 Å². The second kappa shape index (κ2) is 4.97. The highest BCUT2D eigenvalue weighted by atomic mass is 32.1. The van der Waals surface area contributed by atoms with Crippen molar-refractivity contribution in [2.45, 2.75) is 19.3 Å². The minimum absolute atomic E-state index is 0.647. The van der Waals surface area contributed by atoms with Gasteiger partial charge in [0.05, 0.1) is 5.69 Å². The van der Waals surface area contributed by atoms with E-state index in [2.05, 4.69) is 36.7 Å². The summed E-state index contributed by atoms with van der Waals surface area (Å²) in [5, 5.41) is 20.7. The zero-order chi connectivity index (χ0) is 13.4. The molecule has 6 nitrogen and oxygen atoms in total. The van der Waals surface area contributed by atoms with Gasteiger partial charge in [0.2, 0.25) is 5.13 Å². The molecule has 1 aliphatic heterocycles. The minimum atomic E-state index is 0.647. The van der Waals surface area contributed by atoms with E-state index in [1.165, 1.54) is 17.7 Å². The van der Waals surface area contributed by atoms with Gasteiger partial charge in [-0.05, 0) is 30.9 Å². The van der Waals surface area contributed by atoms with Gasteiger partial charge in [0.1, 0.15) is 5.51 Å². The third-order valence-corrected chi connectivity index (χ3v) is 4.64. The molecule has 1 N–H and O–H groups in total. The molecule has 0 radical (unpaired) electrons. The van der Waals surface area contributed by atoms with Crippen LogP contribution in [-0.4, -0.2) is 40.0 Å². The zero-order valence-electron chi connectivity index (χ0n) is 11.1. The highest BCUT2D eigenvalue weighted by Gasteiger charge is 2.28. The van der Waals surface area contributed by atoms with Crippen molar-refractivity contribution in [2.24, 2.45) is 5.92 Å². The van der Waals surface area contributed by atoms with Gasteiger partial charge in [0.15, 0.2) is 5.82 Å². The molecule has 0 amide bonds. The van der Waals surface area contributed by atoms with E-state index < -0.39 is 0 Å². The van der Waals surface area contributed by atoms with E-state index in [0.29, 0.717) is 5.92 Å². The Morgan fingerprint density at radius 3 is 3.05 bits per heavy atom. The lowest BCUT2D eigenvalue weighted by Gasteiger charge is -2.40. The maximum atomic E-state index is 4.35. The summed E-state index contributed by atoms with van der Waals surface area (Å²) >= 11 is 1.54. The van der Waals surface area contributed by atoms with Gasteiger partial charge >= 0.3 is 0 Å². The number of hydrogen-bond donors (Lipinski definition) is 1. The summed E-state index contributed by atoms with van der Waals surface area (Å²) in [6.45, 7) is 3.03. The summed E-state index contributed by atoms with van der Waals surface area (Å²) in [7, 11) is 0. The first-order valence-corrected chi connectivity index (χ1v) is 7.87. The van der Waals surface area contributed by atoms with Gasteiger partial charge in [-0.15, -0.1) is 15.3 Å². The Bertz CT molecular complexity index is 593. The Morgan fingerprint density at radius 2 is 2.20 bits per heavy atom. The van der Waals surface area contributed by atoms with Crippen LogP contribution in [0.1, 0.15) is 17.7 Å². The normalized spacial score (nSPS) is 17.9. The molecular formula is C13H16N6S. The maximum absolute atomic E-state index is 4.35. The molecule has 0 spiro atoms. The topological polar surface area (TPSA) is 66.8 Å². The maximum Gasteiger partial charge on any atom is 0.205 e. The average Bonchev–Trinajstić information content (AvgIpc) is 3.07. The van der Waals surface area contributed by atoms with Crippen LogP contribution in [0, 0.1) is 5.92 Å². The number of aromatic nitrogens is 4. The molecule has 1 aliphatic carbocycles. The Labute approximate surface area is 121 Å². The fraction of sp³-hybridized carbons (Fsp3) is 0.538. The summed E-state index contributed by atoms with van der Waals surface area (Å²) in [5.41, 5.74) is 4.34. The van der Waals surface area contributed by atoms with Gasteiger partial charge in [-0.2, -0.15) is 5.10 Å². The van der Waals surface area contributed by atoms with Crippen molar-refractivity contribution in [1.29, 1.82) is 0 Å². The fourth-order valence-electron chi connectivity index (χ4n) is 2.84. The van der Waals surface area contributed by atoms with Crippen LogP contribution < -0.4 is 10.2 Å². The van der Waals surface area contributed by atoms with Crippen molar-refractivity contribution in [3.8, 4) is 0 Å². The van der Waals surface area contributed by atoms with Crippen molar-refractivity contribution < 1.29 is 0 Å². The molecule has 7 heteroatoms. The Kier molecular flexibility index (Phi) is 2.99. The Hall–Kier alpha value is -1.76. The van der Waals surface area contributed by atoms with E-state index in [1.807, 2.05) is 0 Å². The summed E-state index contributed by atoms with van der Waals surface area (Å²) in [5.74, 6) is 1.69. The quantitative estimate of drug-likeness (QED) is 0.916. The van der Waals surface area contributed by atoms with Crippen molar-refractivity contribution in [1.82, 2.24) is 20.4 Å². The zero-order valence-corrected chi connectivity index (χ0v) is 11.9. The van der Waals surface area contributed by atoms with Crippen LogP contribution in [0.15, 0.2) is 11.6 Å². The van der Waals surface area contributed by atoms with Gasteiger partial charge in [-0.3, -0.25) is 0 Å². The van der Waals surface area contributed by atoms with Crippen LogP contribution in [-0.2, 0) is 12.8 Å². The molecule has 0 unspecified atom stereocenters. The summed E-state index contributed by atoms with van der Waals surface area (Å²) in [4.78, 5) is 2.30. The van der Waals surface area contributed by atoms with Crippen molar-refractivity contribution in [3.05, 3.63) is 22.8 Å². The second-order valence-electron chi connectivity index (χ2n) is 5.42. The van der Waals surface area contributed by atoms with E-state index >= 15 is 0 Å². The Morgan fingerprint density at radius 1 is 1.25 bits per heavy atom. The summed E-state index contributed by atoms with van der Waals surface area (Å²) in [6.07, 6.45) is 3.48. The molecule has 104 valence electrons. The van der Waals surface area contributed by atoms with Gasteiger partial charge < -0.3 is 10.2 Å². The third-order valence-electron chi connectivity index (χ3n) is 3.99. The fourth-order valence-corrected chi connectivity index (χ4v) is 3.29. The van der Waals surface area contributed by atoms with E-state index in [4.69, 9.17) is 0 Å². The van der Waals surface area contributed by atoms with E-state index in [0.717, 1.165) is 43.4 Å². The number of anilines is 2. The molecule has 2 aromatic heterocycles. The van der Waals surface area contributed by atoms with Crippen molar-refractivity contribution in [3.63, 3.8) is 0 Å². The molecule has 0 atom stereocenters. The number of nitrogens with zero attached hydrogens (tertiary/aromatic N) is 5. The molecule has 1 fully saturated rings. The lowest BCUT2D eigenvalue weighted by atomic mass is 10.00. The first-order valence-electron chi connectivity index (χ1n) is 6.99. The lowest BCUT2D eigenvalue weighted by molar-refractivity contribution is 0.425. The molecule has 2 aliphatic rings. The van der Waals surface area contributed by atoms with E-state index in [1.54, 1.807) is 16.8 Å². The molecule has 1 saturated heterocycles. The number of nitrogens with one attached hydrogen (secondary N) is 1. The highest BCUT2D eigenvalue weighted by molar-refractivity contribution is 7.13. The average molecular weight is 288 g/mol. The third kappa shape index (κ3) is 2.22. The second-order valence-corrected chi connectivity index (χ2v) is 6.26. The van der Waals surface area contributed by atoms with Crippen LogP contribution in [0.4, 0.5) is 10.9 Å². The minimum Gasteiger partial charge on any atom is -0.360 e. The SMILES string of the molecule is c1nnc(NCC2CN(c3cc4c(nn3)CCC4)C2)s1. The smallest absolute Gasteiger partial charge is 0.205 e. The highest BCUT2D eigenvalue weighted by Crippen LogP contribution is 2.27. The van der Waals surface area contributed by atoms with Crippen molar-refractivity contribution >= 4 is 22.3 Å². The molecule has 0 aromatic carbocycles. The number of fused-ring (bicyclic) bond motifs is 1. The monoisotopic (exact) mass is 288 g/mol. The van der Waals surface area contributed by atoms with Crippen LogP contribution in [0.5, 0.6) is 0 Å². The van der Waals surface area contributed by atoms with E-state index in [-0.39, 0.29) is 0 Å². The molecule has 20 heavy (non-hydrogen) atoms. The van der Waals surface area contributed by atoms with Crippen LogP contribution in [0.2, 0.25) is 0 Å². The summed E-state index contributed by atoms with van der Waals surface area (Å²) < 4.78 is 0. The predicted octanol–water partition coefficient (Wildman–Crippen LogP) is 1.37. The molecule has 4 rings (SSSR count). The molecule has 0 bridgehead atoms. The lowest BCUT2D eigenvalue weighted by Crippen LogP contribution is -2.50. The molecule has 2 aromatic rings. The number of aryl methyl sites for hydroxylation is 2. The van der Waals surface area contributed by atoms with Crippen molar-refractivity contribution in [2.75, 3.05) is 29.9 Å². The van der Waals surface area contributed by atoms with Gasteiger partial charge in [0, 0.05) is 25.6 Å². The molecule has 0 saturated carbocycles. The van der Waals surface area contributed by atoms with E-state index in [9.17, 15) is 0 Å². The molecular weight excluding hydrogens is 272 g/mol.